The van der Waals surface area contributed by atoms with Crippen molar-refractivity contribution in [3.63, 3.8) is 0 Å². The predicted octanol–water partition coefficient (Wildman–Crippen LogP) is 3.35. The van der Waals surface area contributed by atoms with Gasteiger partial charge in [0.2, 0.25) is 0 Å². The standard InChI is InChI=1S/C19H24N4O3/c1-19(2,3)26-18(24)21-8-5-9-23-13-15(12-22-23)17-10-16(25-4)7-6-14(17)11-20/h6-7,10,12-13H,5,8-9H2,1-4H3,(H,21,24). The number of hydrogen-bond donors (Lipinski definition) is 1. The summed E-state index contributed by atoms with van der Waals surface area (Å²) in [5.74, 6) is 0.688. The maximum Gasteiger partial charge on any atom is 0.407 e. The highest BCUT2D eigenvalue weighted by molar-refractivity contribution is 5.71. The summed E-state index contributed by atoms with van der Waals surface area (Å²) in [6.07, 6.45) is 3.89. The van der Waals surface area contributed by atoms with E-state index in [9.17, 15) is 10.1 Å². The lowest BCUT2D eigenvalue weighted by molar-refractivity contribution is 0.0526. The van der Waals surface area contributed by atoms with Gasteiger partial charge in [0.15, 0.2) is 0 Å². The molecule has 7 heteroatoms. The summed E-state index contributed by atoms with van der Waals surface area (Å²) in [6, 6.07) is 7.50. The zero-order chi connectivity index (χ0) is 19.2. The summed E-state index contributed by atoms with van der Waals surface area (Å²) in [6.45, 7) is 6.61. The van der Waals surface area contributed by atoms with Gasteiger partial charge in [-0.25, -0.2) is 4.79 Å². The SMILES string of the molecule is COc1ccc(C#N)c(-c2cnn(CCCNC(=O)OC(C)(C)C)c2)c1. The number of hydrogen-bond acceptors (Lipinski definition) is 5. The van der Waals surface area contributed by atoms with Crippen LogP contribution in [-0.2, 0) is 11.3 Å². The molecular formula is C19H24N4O3. The van der Waals surface area contributed by atoms with Crippen LogP contribution in [0.2, 0.25) is 0 Å². The molecule has 0 aliphatic carbocycles. The number of nitriles is 1. The molecule has 0 saturated carbocycles. The lowest BCUT2D eigenvalue weighted by atomic mass is 10.0. The molecule has 26 heavy (non-hydrogen) atoms. The number of amides is 1. The summed E-state index contributed by atoms with van der Waals surface area (Å²) in [4.78, 5) is 11.6. The molecule has 1 amide bonds. The van der Waals surface area contributed by atoms with Crippen LogP contribution >= 0.6 is 0 Å². The number of aryl methyl sites for hydroxylation is 1. The van der Waals surface area contributed by atoms with E-state index in [-0.39, 0.29) is 0 Å². The number of benzene rings is 1. The molecule has 0 aliphatic rings. The second-order valence-corrected chi connectivity index (χ2v) is 6.80. The molecule has 0 fully saturated rings. The van der Waals surface area contributed by atoms with Gasteiger partial charge in [-0.15, -0.1) is 0 Å². The van der Waals surface area contributed by atoms with Crippen LogP contribution in [0.5, 0.6) is 5.75 Å². The first-order valence-corrected chi connectivity index (χ1v) is 8.40. The van der Waals surface area contributed by atoms with Crippen molar-refractivity contribution in [1.29, 1.82) is 5.26 Å². The number of rotatable bonds is 6. The van der Waals surface area contributed by atoms with E-state index in [4.69, 9.17) is 9.47 Å². The zero-order valence-electron chi connectivity index (χ0n) is 15.6. The lowest BCUT2D eigenvalue weighted by Crippen LogP contribution is -2.33. The number of carbonyl (C=O) groups excluding carboxylic acids is 1. The highest BCUT2D eigenvalue weighted by Gasteiger charge is 2.15. The molecule has 0 bridgehead atoms. The van der Waals surface area contributed by atoms with Crippen molar-refractivity contribution in [3.8, 4) is 22.9 Å². The van der Waals surface area contributed by atoms with Gasteiger partial charge in [0, 0.05) is 30.4 Å². The zero-order valence-corrected chi connectivity index (χ0v) is 15.6. The topological polar surface area (TPSA) is 89.2 Å². The van der Waals surface area contributed by atoms with E-state index in [0.717, 1.165) is 11.1 Å². The highest BCUT2D eigenvalue weighted by atomic mass is 16.6. The Labute approximate surface area is 153 Å². The Bertz CT molecular complexity index is 800. The highest BCUT2D eigenvalue weighted by Crippen LogP contribution is 2.27. The number of aromatic nitrogens is 2. The maximum atomic E-state index is 11.6. The number of carbonyl (C=O) groups is 1. The first kappa shape index (κ1) is 19.3. The van der Waals surface area contributed by atoms with Gasteiger partial charge in [0.05, 0.1) is 24.9 Å². The minimum atomic E-state index is -0.504. The van der Waals surface area contributed by atoms with E-state index in [1.807, 2.05) is 33.0 Å². The van der Waals surface area contributed by atoms with Gasteiger partial charge in [0.25, 0.3) is 0 Å². The summed E-state index contributed by atoms with van der Waals surface area (Å²) < 4.78 is 12.2. The molecule has 0 atom stereocenters. The molecule has 0 aliphatic heterocycles. The number of nitrogens with one attached hydrogen (secondary N) is 1. The van der Waals surface area contributed by atoms with E-state index in [1.165, 1.54) is 0 Å². The van der Waals surface area contributed by atoms with Crippen LogP contribution in [0.25, 0.3) is 11.1 Å². The van der Waals surface area contributed by atoms with Crippen molar-refractivity contribution in [2.24, 2.45) is 0 Å². The van der Waals surface area contributed by atoms with Gasteiger partial charge in [0.1, 0.15) is 11.4 Å². The molecule has 2 aromatic rings. The molecule has 0 spiro atoms. The number of alkyl carbamates (subject to hydrolysis) is 1. The third kappa shape index (κ3) is 5.52. The lowest BCUT2D eigenvalue weighted by Gasteiger charge is -2.19. The van der Waals surface area contributed by atoms with Crippen molar-refractivity contribution < 1.29 is 14.3 Å². The van der Waals surface area contributed by atoms with Crippen LogP contribution in [0, 0.1) is 11.3 Å². The Morgan fingerprint density at radius 1 is 1.38 bits per heavy atom. The largest absolute Gasteiger partial charge is 0.497 e. The van der Waals surface area contributed by atoms with Crippen LogP contribution in [0.15, 0.2) is 30.6 Å². The number of ether oxygens (including phenoxy) is 2. The van der Waals surface area contributed by atoms with Crippen molar-refractivity contribution in [1.82, 2.24) is 15.1 Å². The van der Waals surface area contributed by atoms with Crippen LogP contribution in [0.1, 0.15) is 32.8 Å². The second kappa shape index (κ2) is 8.39. The average molecular weight is 356 g/mol. The molecule has 138 valence electrons. The number of nitrogens with zero attached hydrogens (tertiary/aromatic N) is 3. The van der Waals surface area contributed by atoms with Crippen molar-refractivity contribution in [3.05, 3.63) is 36.2 Å². The van der Waals surface area contributed by atoms with Crippen LogP contribution in [-0.4, -0.2) is 35.1 Å². The molecule has 1 aromatic carbocycles. The van der Waals surface area contributed by atoms with Crippen molar-refractivity contribution in [2.45, 2.75) is 39.3 Å². The van der Waals surface area contributed by atoms with Gasteiger partial charge in [-0.1, -0.05) is 0 Å². The van der Waals surface area contributed by atoms with E-state index in [0.29, 0.717) is 30.8 Å². The summed E-state index contributed by atoms with van der Waals surface area (Å²) >= 11 is 0. The Balaban J connectivity index is 1.93. The van der Waals surface area contributed by atoms with Crippen LogP contribution in [0.3, 0.4) is 0 Å². The van der Waals surface area contributed by atoms with Gasteiger partial charge in [-0.2, -0.15) is 10.4 Å². The first-order chi connectivity index (χ1) is 12.3. The quantitative estimate of drug-likeness (QED) is 0.802. The summed E-state index contributed by atoms with van der Waals surface area (Å²) in [5.41, 5.74) is 1.69. The summed E-state index contributed by atoms with van der Waals surface area (Å²) in [5, 5.41) is 16.3. The van der Waals surface area contributed by atoms with Gasteiger partial charge in [-0.3, -0.25) is 4.68 Å². The predicted molar refractivity (Wildman–Crippen MR) is 97.8 cm³/mol. The van der Waals surface area contributed by atoms with Crippen molar-refractivity contribution in [2.75, 3.05) is 13.7 Å². The molecule has 2 rings (SSSR count). The van der Waals surface area contributed by atoms with Crippen molar-refractivity contribution >= 4 is 6.09 Å². The van der Waals surface area contributed by atoms with Crippen LogP contribution in [0.4, 0.5) is 4.79 Å². The molecule has 0 saturated heterocycles. The fraction of sp³-hybridized carbons (Fsp3) is 0.421. The minimum Gasteiger partial charge on any atom is -0.497 e. The van der Waals surface area contributed by atoms with Gasteiger partial charge >= 0.3 is 6.09 Å². The Hall–Kier alpha value is -3.01. The second-order valence-electron chi connectivity index (χ2n) is 6.80. The smallest absolute Gasteiger partial charge is 0.407 e. The third-order valence-electron chi connectivity index (χ3n) is 3.52. The van der Waals surface area contributed by atoms with E-state index in [2.05, 4.69) is 16.5 Å². The van der Waals surface area contributed by atoms with E-state index >= 15 is 0 Å². The summed E-state index contributed by atoms with van der Waals surface area (Å²) in [7, 11) is 1.59. The fourth-order valence-electron chi connectivity index (χ4n) is 2.36. The molecule has 7 nitrogen and oxygen atoms in total. The van der Waals surface area contributed by atoms with Gasteiger partial charge in [-0.05, 0) is 45.4 Å². The molecule has 0 radical (unpaired) electrons. The van der Waals surface area contributed by atoms with E-state index in [1.54, 1.807) is 30.1 Å². The Kier molecular flexibility index (Phi) is 6.23. The average Bonchev–Trinajstić information content (AvgIpc) is 3.05. The first-order valence-electron chi connectivity index (χ1n) is 8.40. The number of methoxy groups -OCH3 is 1. The normalized spacial score (nSPS) is 10.9. The Morgan fingerprint density at radius 2 is 2.15 bits per heavy atom. The fourth-order valence-corrected chi connectivity index (χ4v) is 2.36. The third-order valence-corrected chi connectivity index (χ3v) is 3.52. The molecule has 1 aromatic heterocycles. The molecule has 1 N–H and O–H groups in total. The maximum absolute atomic E-state index is 11.6. The Morgan fingerprint density at radius 3 is 2.81 bits per heavy atom. The minimum absolute atomic E-state index is 0.423. The molecule has 0 unspecified atom stereocenters. The van der Waals surface area contributed by atoms with Crippen LogP contribution < -0.4 is 10.1 Å². The van der Waals surface area contributed by atoms with E-state index < -0.39 is 11.7 Å². The van der Waals surface area contributed by atoms with Gasteiger partial charge < -0.3 is 14.8 Å². The molecular weight excluding hydrogens is 332 g/mol. The molecule has 1 heterocycles. The monoisotopic (exact) mass is 356 g/mol.